The number of aromatic nitrogens is 2. The third-order valence-electron chi connectivity index (χ3n) is 4.38. The van der Waals surface area contributed by atoms with E-state index < -0.39 is 0 Å². The van der Waals surface area contributed by atoms with E-state index in [1.54, 1.807) is 0 Å². The van der Waals surface area contributed by atoms with Crippen LogP contribution in [-0.4, -0.2) is 38.7 Å². The Labute approximate surface area is 159 Å². The van der Waals surface area contributed by atoms with Gasteiger partial charge in [-0.15, -0.1) is 0 Å². The monoisotopic (exact) mass is 372 g/mol. The Kier molecular flexibility index (Phi) is 5.79. The summed E-state index contributed by atoms with van der Waals surface area (Å²) in [7, 11) is 0. The van der Waals surface area contributed by atoms with Crippen LogP contribution in [-0.2, 0) is 6.54 Å². The fourth-order valence-electron chi connectivity index (χ4n) is 3.15. The summed E-state index contributed by atoms with van der Waals surface area (Å²) in [5.41, 5.74) is 3.07. The van der Waals surface area contributed by atoms with Crippen LogP contribution in [0, 0.1) is 5.92 Å². The van der Waals surface area contributed by atoms with E-state index >= 15 is 0 Å². The van der Waals surface area contributed by atoms with Gasteiger partial charge in [-0.3, -0.25) is 9.67 Å². The highest BCUT2D eigenvalue weighted by atomic mass is 35.5. The first-order valence-electron chi connectivity index (χ1n) is 8.90. The Bertz CT molecular complexity index is 794. The largest absolute Gasteiger partial charge is 0.394 e. The van der Waals surface area contributed by atoms with Crippen molar-refractivity contribution in [1.29, 1.82) is 0 Å². The fourth-order valence-corrected chi connectivity index (χ4v) is 3.28. The molecule has 26 heavy (non-hydrogen) atoms. The number of allylic oxidation sites excluding steroid dienone is 1. The van der Waals surface area contributed by atoms with E-state index in [4.69, 9.17) is 11.6 Å². The number of aliphatic imine (C=N–C) groups is 1. The van der Waals surface area contributed by atoms with Gasteiger partial charge in [-0.1, -0.05) is 37.6 Å². The Hall–Kier alpha value is -2.11. The maximum absolute atomic E-state index is 9.82. The van der Waals surface area contributed by atoms with Gasteiger partial charge in [-0.05, 0) is 36.6 Å². The minimum atomic E-state index is -0.214. The van der Waals surface area contributed by atoms with Crippen LogP contribution in [0.2, 0.25) is 5.02 Å². The number of hydrogen-bond acceptors (Lipinski definition) is 4. The van der Waals surface area contributed by atoms with Crippen LogP contribution in [0.1, 0.15) is 38.1 Å². The molecule has 2 aromatic rings. The van der Waals surface area contributed by atoms with Gasteiger partial charge in [-0.2, -0.15) is 5.10 Å². The van der Waals surface area contributed by atoms with Crippen LogP contribution in [0.15, 0.2) is 47.7 Å². The van der Waals surface area contributed by atoms with Crippen molar-refractivity contribution >= 4 is 23.5 Å². The Morgan fingerprint density at radius 3 is 2.58 bits per heavy atom. The molecule has 0 aliphatic carbocycles. The minimum absolute atomic E-state index is 0.0388. The minimum Gasteiger partial charge on any atom is -0.394 e. The molecule has 0 spiro atoms. The van der Waals surface area contributed by atoms with Crippen molar-refractivity contribution in [2.24, 2.45) is 10.9 Å². The summed E-state index contributed by atoms with van der Waals surface area (Å²) in [4.78, 5) is 6.81. The van der Waals surface area contributed by atoms with Gasteiger partial charge in [0.15, 0.2) is 0 Å². The molecule has 6 heteroatoms. The summed E-state index contributed by atoms with van der Waals surface area (Å²) in [5, 5.41) is 15.0. The molecule has 0 saturated heterocycles. The highest BCUT2D eigenvalue weighted by molar-refractivity contribution is 6.30. The predicted molar refractivity (Wildman–Crippen MR) is 106 cm³/mol. The third-order valence-corrected chi connectivity index (χ3v) is 4.64. The third kappa shape index (κ3) is 4.00. The summed E-state index contributed by atoms with van der Waals surface area (Å²) in [5.74, 6) is 0.523. The summed E-state index contributed by atoms with van der Waals surface area (Å²) >= 11 is 6.04. The summed E-state index contributed by atoms with van der Waals surface area (Å²) in [6.07, 6.45) is 7.50. The van der Waals surface area contributed by atoms with Crippen molar-refractivity contribution in [1.82, 2.24) is 14.7 Å². The number of benzene rings is 1. The molecule has 0 amide bonds. The van der Waals surface area contributed by atoms with Gasteiger partial charge in [-0.25, -0.2) is 0 Å². The lowest BCUT2D eigenvalue weighted by Gasteiger charge is -2.38. The van der Waals surface area contributed by atoms with Crippen LogP contribution in [0.3, 0.4) is 0 Å². The average Bonchev–Trinajstić information content (AvgIpc) is 3.08. The van der Waals surface area contributed by atoms with E-state index in [1.165, 1.54) is 0 Å². The van der Waals surface area contributed by atoms with Crippen LogP contribution < -0.4 is 0 Å². The van der Waals surface area contributed by atoms with Gasteiger partial charge in [0.1, 0.15) is 6.17 Å². The zero-order valence-electron chi connectivity index (χ0n) is 15.4. The number of nitrogens with zero attached hydrogens (tertiary/aromatic N) is 4. The second-order valence-electron chi connectivity index (χ2n) is 7.06. The zero-order valence-corrected chi connectivity index (χ0v) is 16.1. The van der Waals surface area contributed by atoms with Crippen molar-refractivity contribution < 1.29 is 5.11 Å². The predicted octanol–water partition coefficient (Wildman–Crippen LogP) is 4.00. The summed E-state index contributed by atoms with van der Waals surface area (Å²) < 4.78 is 1.96. The first kappa shape index (κ1) is 18.7. The van der Waals surface area contributed by atoms with Crippen molar-refractivity contribution in [3.8, 4) is 0 Å². The number of aliphatic hydroxyl groups is 1. The molecule has 5 nitrogen and oxygen atoms in total. The van der Waals surface area contributed by atoms with Crippen molar-refractivity contribution in [3.05, 3.63) is 58.9 Å². The maximum atomic E-state index is 9.82. The van der Waals surface area contributed by atoms with Gasteiger partial charge >= 0.3 is 0 Å². The fraction of sp³-hybridized carbons (Fsp3) is 0.400. The first-order valence-corrected chi connectivity index (χ1v) is 9.28. The molecular formula is C20H25ClN4O. The van der Waals surface area contributed by atoms with E-state index in [0.29, 0.717) is 10.9 Å². The van der Waals surface area contributed by atoms with Crippen LogP contribution in [0.25, 0.3) is 5.70 Å². The highest BCUT2D eigenvalue weighted by Crippen LogP contribution is 2.35. The molecule has 0 bridgehead atoms. The Morgan fingerprint density at radius 1 is 1.19 bits per heavy atom. The molecule has 138 valence electrons. The molecule has 0 radical (unpaired) electrons. The molecule has 0 fully saturated rings. The van der Waals surface area contributed by atoms with E-state index in [0.717, 1.165) is 23.4 Å². The van der Waals surface area contributed by atoms with Gasteiger partial charge in [0.25, 0.3) is 0 Å². The van der Waals surface area contributed by atoms with Crippen molar-refractivity contribution in [2.45, 2.75) is 39.5 Å². The van der Waals surface area contributed by atoms with Crippen LogP contribution in [0.4, 0.5) is 0 Å². The van der Waals surface area contributed by atoms with E-state index in [9.17, 15) is 5.11 Å². The molecule has 1 N–H and O–H groups in total. The van der Waals surface area contributed by atoms with Crippen LogP contribution >= 0.6 is 11.6 Å². The number of hydrogen-bond donors (Lipinski definition) is 1. The second kappa shape index (κ2) is 8.06. The van der Waals surface area contributed by atoms with E-state index in [-0.39, 0.29) is 18.8 Å². The topological polar surface area (TPSA) is 53.7 Å². The lowest BCUT2D eigenvalue weighted by Crippen LogP contribution is -2.38. The first-order chi connectivity index (χ1) is 12.5. The SMILES string of the molecule is CC(C)Cn1cc(C2N=CC=C(c3ccc(Cl)cc3)N2[C@@H](C)CO)cn1. The molecule has 2 atom stereocenters. The smallest absolute Gasteiger partial charge is 0.150 e. The average molecular weight is 373 g/mol. The van der Waals surface area contributed by atoms with Gasteiger partial charge in [0.05, 0.1) is 18.8 Å². The van der Waals surface area contributed by atoms with Gasteiger partial charge < -0.3 is 10.0 Å². The summed E-state index contributed by atoms with van der Waals surface area (Å²) in [6.45, 7) is 7.24. The molecule has 3 rings (SSSR count). The van der Waals surface area contributed by atoms with Gasteiger partial charge in [0.2, 0.25) is 0 Å². The molecule has 2 heterocycles. The summed E-state index contributed by atoms with van der Waals surface area (Å²) in [6, 6.07) is 7.64. The van der Waals surface area contributed by atoms with Gasteiger partial charge in [0, 0.05) is 35.2 Å². The number of rotatable bonds is 6. The number of halogens is 1. The van der Waals surface area contributed by atoms with E-state index in [2.05, 4.69) is 28.8 Å². The van der Waals surface area contributed by atoms with Crippen LogP contribution in [0.5, 0.6) is 0 Å². The zero-order chi connectivity index (χ0) is 18.7. The number of aliphatic hydroxyl groups excluding tert-OH is 1. The second-order valence-corrected chi connectivity index (χ2v) is 7.50. The normalized spacial score (nSPS) is 18.3. The molecular weight excluding hydrogens is 348 g/mol. The molecule has 1 aromatic carbocycles. The molecule has 1 aliphatic rings. The molecule has 1 aromatic heterocycles. The van der Waals surface area contributed by atoms with Crippen molar-refractivity contribution in [3.63, 3.8) is 0 Å². The standard InChI is InChI=1S/C20H25ClN4O/c1-14(2)11-24-12-17(10-23-24)20-22-9-8-19(25(20)15(3)13-26)16-4-6-18(21)7-5-16/h4-10,12,14-15,20,26H,11,13H2,1-3H3/t15-,20?/m0/s1. The molecule has 1 unspecified atom stereocenters. The maximum Gasteiger partial charge on any atom is 0.150 e. The quantitative estimate of drug-likeness (QED) is 0.833. The lowest BCUT2D eigenvalue weighted by molar-refractivity contribution is 0.152. The highest BCUT2D eigenvalue weighted by Gasteiger charge is 2.29. The lowest BCUT2D eigenvalue weighted by atomic mass is 10.0. The Morgan fingerprint density at radius 2 is 1.92 bits per heavy atom. The molecule has 0 saturated carbocycles. The van der Waals surface area contributed by atoms with E-state index in [1.807, 2.05) is 60.6 Å². The Balaban J connectivity index is 1.95. The molecule has 1 aliphatic heterocycles. The van der Waals surface area contributed by atoms with Crippen molar-refractivity contribution in [2.75, 3.05) is 6.61 Å².